The number of hydrogen-bond donors (Lipinski definition) is 1. The van der Waals surface area contributed by atoms with E-state index in [1.807, 2.05) is 0 Å². The third-order valence-corrected chi connectivity index (χ3v) is 2.86. The molecular weight excluding hydrogens is 238 g/mol. The van der Waals surface area contributed by atoms with Gasteiger partial charge in [0.15, 0.2) is 0 Å². The molecule has 14 heavy (non-hydrogen) atoms. The van der Waals surface area contributed by atoms with Crippen molar-refractivity contribution in [3.05, 3.63) is 34.3 Å². The van der Waals surface area contributed by atoms with Gasteiger partial charge in [-0.05, 0) is 43.5 Å². The van der Waals surface area contributed by atoms with Crippen LogP contribution < -0.4 is 5.73 Å². The van der Waals surface area contributed by atoms with Crippen molar-refractivity contribution in [2.45, 2.75) is 32.1 Å². The summed E-state index contributed by atoms with van der Waals surface area (Å²) in [5.41, 5.74) is 6.86. The summed E-state index contributed by atoms with van der Waals surface area (Å²) in [6.07, 6.45) is 6.21. The second-order valence-electron chi connectivity index (χ2n) is 3.58. The van der Waals surface area contributed by atoms with Gasteiger partial charge in [0, 0.05) is 4.47 Å². The maximum atomic E-state index is 5.43. The minimum atomic E-state index is 0.832. The summed E-state index contributed by atoms with van der Waals surface area (Å²) >= 11 is 3.43. The minimum Gasteiger partial charge on any atom is -0.330 e. The van der Waals surface area contributed by atoms with Gasteiger partial charge in [0.2, 0.25) is 0 Å². The van der Waals surface area contributed by atoms with Crippen LogP contribution in [0, 0.1) is 0 Å². The lowest BCUT2D eigenvalue weighted by atomic mass is 10.1. The van der Waals surface area contributed by atoms with Gasteiger partial charge in [0.05, 0.1) is 0 Å². The van der Waals surface area contributed by atoms with Crippen LogP contribution in [-0.4, -0.2) is 6.54 Å². The highest BCUT2D eigenvalue weighted by atomic mass is 79.9. The van der Waals surface area contributed by atoms with E-state index in [0.29, 0.717) is 0 Å². The molecule has 0 atom stereocenters. The number of rotatable bonds is 6. The van der Waals surface area contributed by atoms with Crippen LogP contribution in [-0.2, 0) is 6.42 Å². The molecule has 1 rings (SSSR count). The largest absolute Gasteiger partial charge is 0.330 e. The predicted molar refractivity (Wildman–Crippen MR) is 65.4 cm³/mol. The van der Waals surface area contributed by atoms with Crippen molar-refractivity contribution in [2.24, 2.45) is 5.73 Å². The average Bonchev–Trinajstić information content (AvgIpc) is 2.21. The lowest BCUT2D eigenvalue weighted by Gasteiger charge is -2.01. The molecule has 2 heteroatoms. The monoisotopic (exact) mass is 255 g/mol. The van der Waals surface area contributed by atoms with E-state index >= 15 is 0 Å². The van der Waals surface area contributed by atoms with Gasteiger partial charge < -0.3 is 5.73 Å². The molecule has 0 fully saturated rings. The van der Waals surface area contributed by atoms with Gasteiger partial charge in [0.1, 0.15) is 0 Å². The summed E-state index contributed by atoms with van der Waals surface area (Å²) in [6, 6.07) is 8.59. The van der Waals surface area contributed by atoms with Crippen molar-refractivity contribution >= 4 is 15.9 Å². The lowest BCUT2D eigenvalue weighted by Crippen LogP contribution is -1.97. The molecule has 1 nitrogen and oxygen atoms in total. The Morgan fingerprint density at radius 3 is 2.21 bits per heavy atom. The van der Waals surface area contributed by atoms with Gasteiger partial charge in [-0.2, -0.15) is 0 Å². The number of nitrogens with two attached hydrogens (primary N) is 1. The Hall–Kier alpha value is -0.340. The van der Waals surface area contributed by atoms with E-state index in [2.05, 4.69) is 40.2 Å². The molecular formula is C12H18BrN. The highest BCUT2D eigenvalue weighted by Crippen LogP contribution is 2.13. The average molecular weight is 256 g/mol. The Kier molecular flexibility index (Phi) is 5.88. The Morgan fingerprint density at radius 2 is 1.57 bits per heavy atom. The zero-order chi connectivity index (χ0) is 10.2. The summed E-state index contributed by atoms with van der Waals surface area (Å²) in [7, 11) is 0. The highest BCUT2D eigenvalue weighted by Gasteiger charge is 1.93. The van der Waals surface area contributed by atoms with Gasteiger partial charge in [0.25, 0.3) is 0 Å². The molecule has 0 spiro atoms. The summed E-state index contributed by atoms with van der Waals surface area (Å²) in [4.78, 5) is 0. The number of unbranched alkanes of at least 4 members (excludes halogenated alkanes) is 3. The van der Waals surface area contributed by atoms with Crippen LogP contribution in [0.2, 0.25) is 0 Å². The van der Waals surface area contributed by atoms with E-state index in [0.717, 1.165) is 11.0 Å². The molecule has 0 saturated carbocycles. The number of halogens is 1. The first-order chi connectivity index (χ1) is 6.83. The molecule has 0 aromatic heterocycles. The number of benzene rings is 1. The molecule has 0 aliphatic carbocycles. The summed E-state index contributed by atoms with van der Waals surface area (Å²) in [5, 5.41) is 0. The molecule has 0 unspecified atom stereocenters. The summed E-state index contributed by atoms with van der Waals surface area (Å²) < 4.78 is 1.16. The van der Waals surface area contributed by atoms with Crippen LogP contribution in [0.25, 0.3) is 0 Å². The molecule has 0 radical (unpaired) electrons. The van der Waals surface area contributed by atoms with E-state index in [1.165, 1.54) is 37.7 Å². The first-order valence-corrected chi connectivity index (χ1v) is 6.07. The minimum absolute atomic E-state index is 0.832. The van der Waals surface area contributed by atoms with Crippen LogP contribution >= 0.6 is 15.9 Å². The summed E-state index contributed by atoms with van der Waals surface area (Å²) in [5.74, 6) is 0. The van der Waals surface area contributed by atoms with E-state index in [1.54, 1.807) is 0 Å². The highest BCUT2D eigenvalue weighted by molar-refractivity contribution is 9.10. The topological polar surface area (TPSA) is 26.0 Å². The van der Waals surface area contributed by atoms with Crippen molar-refractivity contribution in [1.82, 2.24) is 0 Å². The second kappa shape index (κ2) is 7.02. The zero-order valence-corrected chi connectivity index (χ0v) is 10.1. The van der Waals surface area contributed by atoms with Gasteiger partial charge >= 0.3 is 0 Å². The van der Waals surface area contributed by atoms with Gasteiger partial charge in [-0.15, -0.1) is 0 Å². The van der Waals surface area contributed by atoms with E-state index in [9.17, 15) is 0 Å². The van der Waals surface area contributed by atoms with Crippen LogP contribution in [0.5, 0.6) is 0 Å². The molecule has 0 bridgehead atoms. The maximum Gasteiger partial charge on any atom is 0.0175 e. The molecule has 0 aliphatic heterocycles. The fourth-order valence-electron chi connectivity index (χ4n) is 1.48. The molecule has 1 aromatic carbocycles. The fraction of sp³-hybridized carbons (Fsp3) is 0.500. The van der Waals surface area contributed by atoms with Crippen LogP contribution in [0.1, 0.15) is 31.2 Å². The smallest absolute Gasteiger partial charge is 0.0175 e. The molecule has 0 aliphatic rings. The van der Waals surface area contributed by atoms with E-state index in [4.69, 9.17) is 5.73 Å². The Balaban J connectivity index is 2.15. The third kappa shape index (κ3) is 4.77. The normalized spacial score (nSPS) is 10.4. The molecule has 78 valence electrons. The van der Waals surface area contributed by atoms with Crippen molar-refractivity contribution in [3.8, 4) is 0 Å². The molecule has 0 heterocycles. The molecule has 2 N–H and O–H groups in total. The lowest BCUT2D eigenvalue weighted by molar-refractivity contribution is 0.646. The standard InChI is InChI=1S/C12H18BrN/c13-12-8-6-11(7-9-12)5-3-1-2-4-10-14/h6-9H,1-5,10,14H2. The SMILES string of the molecule is NCCCCCCc1ccc(Br)cc1. The van der Waals surface area contributed by atoms with E-state index < -0.39 is 0 Å². The Bertz CT molecular complexity index is 243. The quantitative estimate of drug-likeness (QED) is 0.774. The zero-order valence-electron chi connectivity index (χ0n) is 8.51. The fourth-order valence-corrected chi connectivity index (χ4v) is 1.74. The Labute approximate surface area is 94.8 Å². The van der Waals surface area contributed by atoms with E-state index in [-0.39, 0.29) is 0 Å². The number of aryl methyl sites for hydroxylation is 1. The van der Waals surface area contributed by atoms with Crippen molar-refractivity contribution < 1.29 is 0 Å². The predicted octanol–water partition coefficient (Wildman–Crippen LogP) is 3.51. The van der Waals surface area contributed by atoms with Gasteiger partial charge in [-0.3, -0.25) is 0 Å². The molecule has 1 aromatic rings. The number of hydrogen-bond acceptors (Lipinski definition) is 1. The van der Waals surface area contributed by atoms with Gasteiger partial charge in [-0.25, -0.2) is 0 Å². The van der Waals surface area contributed by atoms with Gasteiger partial charge in [-0.1, -0.05) is 40.9 Å². The third-order valence-electron chi connectivity index (χ3n) is 2.33. The molecule has 0 saturated heterocycles. The first-order valence-electron chi connectivity index (χ1n) is 5.27. The van der Waals surface area contributed by atoms with Crippen LogP contribution in [0.15, 0.2) is 28.7 Å². The van der Waals surface area contributed by atoms with Crippen LogP contribution in [0.3, 0.4) is 0 Å². The van der Waals surface area contributed by atoms with Crippen molar-refractivity contribution in [2.75, 3.05) is 6.54 Å². The first kappa shape index (κ1) is 11.7. The summed E-state index contributed by atoms with van der Waals surface area (Å²) in [6.45, 7) is 0.832. The Morgan fingerprint density at radius 1 is 0.929 bits per heavy atom. The second-order valence-corrected chi connectivity index (χ2v) is 4.50. The van der Waals surface area contributed by atoms with Crippen molar-refractivity contribution in [3.63, 3.8) is 0 Å². The maximum absolute atomic E-state index is 5.43. The van der Waals surface area contributed by atoms with Crippen LogP contribution in [0.4, 0.5) is 0 Å². The molecule has 0 amide bonds. The van der Waals surface area contributed by atoms with Crippen molar-refractivity contribution in [1.29, 1.82) is 0 Å².